The summed E-state index contributed by atoms with van der Waals surface area (Å²) in [5.41, 5.74) is 7.66. The van der Waals surface area contributed by atoms with E-state index in [1.807, 2.05) is 37.3 Å². The van der Waals surface area contributed by atoms with Gasteiger partial charge in [-0.2, -0.15) is 0 Å². The van der Waals surface area contributed by atoms with Gasteiger partial charge in [0.1, 0.15) is 11.5 Å². The van der Waals surface area contributed by atoms with Crippen molar-refractivity contribution in [1.29, 1.82) is 0 Å². The molecule has 7 heteroatoms. The normalized spacial score (nSPS) is 17.9. The lowest BCUT2D eigenvalue weighted by atomic mass is 9.69. The first-order chi connectivity index (χ1) is 22.2. The molecule has 0 atom stereocenters. The zero-order valence-corrected chi connectivity index (χ0v) is 26.7. The van der Waals surface area contributed by atoms with Crippen LogP contribution in [0.1, 0.15) is 99.7 Å². The minimum Gasteiger partial charge on any atom is -0.459 e. The Morgan fingerprint density at radius 2 is 1.80 bits per heavy atom. The van der Waals surface area contributed by atoms with Gasteiger partial charge in [-0.1, -0.05) is 44.2 Å². The minimum absolute atomic E-state index is 0.0148. The maximum Gasteiger partial charge on any atom is 0.248 e. The fourth-order valence-electron chi connectivity index (χ4n) is 7.53. The van der Waals surface area contributed by atoms with E-state index in [9.17, 15) is 14.4 Å². The summed E-state index contributed by atoms with van der Waals surface area (Å²) in [5, 5.41) is 2.92. The smallest absolute Gasteiger partial charge is 0.248 e. The number of nitrogens with one attached hydrogen (secondary N) is 1. The fraction of sp³-hybridized carbons (Fsp3) is 0.333. The van der Waals surface area contributed by atoms with Gasteiger partial charge < -0.3 is 9.73 Å². The van der Waals surface area contributed by atoms with E-state index in [1.54, 1.807) is 18.5 Å². The summed E-state index contributed by atoms with van der Waals surface area (Å²) in [6.45, 7) is 8.76. The third kappa shape index (κ3) is 5.53. The van der Waals surface area contributed by atoms with E-state index in [0.29, 0.717) is 29.3 Å². The number of aromatic nitrogens is 1. The number of hydrogen-bond donors (Lipinski definition) is 1. The summed E-state index contributed by atoms with van der Waals surface area (Å²) in [5.74, 6) is 0.757. The van der Waals surface area contributed by atoms with Crippen molar-refractivity contribution < 1.29 is 18.8 Å². The Morgan fingerprint density at radius 3 is 2.54 bits per heavy atom. The first-order valence-corrected chi connectivity index (χ1v) is 16.3. The molecule has 234 valence electrons. The zero-order chi connectivity index (χ0) is 32.0. The number of hydrogen-bond acceptors (Lipinski definition) is 6. The number of amides is 1. The van der Waals surface area contributed by atoms with Crippen LogP contribution >= 0.6 is 0 Å². The average molecular weight is 614 g/mol. The third-order valence-corrected chi connectivity index (χ3v) is 10.1. The average Bonchev–Trinajstić information content (AvgIpc) is 3.39. The molecule has 0 unspecified atom stereocenters. The van der Waals surface area contributed by atoms with Crippen LogP contribution in [0.3, 0.4) is 0 Å². The summed E-state index contributed by atoms with van der Waals surface area (Å²) in [6.07, 6.45) is 11.6. The lowest BCUT2D eigenvalue weighted by molar-refractivity contribution is -0.111. The van der Waals surface area contributed by atoms with Crippen LogP contribution in [-0.4, -0.2) is 40.4 Å². The molecule has 2 aliphatic carbocycles. The summed E-state index contributed by atoms with van der Waals surface area (Å²) in [6, 6.07) is 16.0. The monoisotopic (exact) mass is 613 g/mol. The predicted octanol–water partition coefficient (Wildman–Crippen LogP) is 7.67. The van der Waals surface area contributed by atoms with Crippen molar-refractivity contribution in [1.82, 2.24) is 9.88 Å². The predicted molar refractivity (Wildman–Crippen MR) is 179 cm³/mol. The molecule has 0 saturated carbocycles. The molecule has 1 saturated heterocycles. The van der Waals surface area contributed by atoms with Crippen LogP contribution in [0.2, 0.25) is 0 Å². The number of pyridine rings is 1. The van der Waals surface area contributed by atoms with E-state index in [4.69, 9.17) is 4.42 Å². The molecule has 3 heterocycles. The van der Waals surface area contributed by atoms with Crippen LogP contribution in [0.5, 0.6) is 0 Å². The maximum atomic E-state index is 13.5. The van der Waals surface area contributed by atoms with E-state index in [-0.39, 0.29) is 17.1 Å². The van der Waals surface area contributed by atoms with E-state index in [0.717, 1.165) is 78.9 Å². The first kappa shape index (κ1) is 30.1. The number of benzene rings is 2. The summed E-state index contributed by atoms with van der Waals surface area (Å²) < 4.78 is 6.47. The van der Waals surface area contributed by atoms with Crippen molar-refractivity contribution in [3.8, 4) is 11.3 Å². The number of anilines is 1. The maximum absolute atomic E-state index is 13.5. The number of piperidine rings is 1. The van der Waals surface area contributed by atoms with Crippen molar-refractivity contribution in [3.63, 3.8) is 0 Å². The summed E-state index contributed by atoms with van der Waals surface area (Å²) >= 11 is 0. The van der Waals surface area contributed by atoms with Gasteiger partial charge in [-0.25, -0.2) is 0 Å². The lowest BCUT2D eigenvalue weighted by Gasteiger charge is -2.34. The molecular formula is C39H39N3O4. The van der Waals surface area contributed by atoms with Gasteiger partial charge in [0.25, 0.3) is 0 Å². The number of carbonyl (C=O) groups excluding carboxylic acids is 3. The van der Waals surface area contributed by atoms with Crippen LogP contribution in [0.25, 0.3) is 17.4 Å². The zero-order valence-electron chi connectivity index (χ0n) is 26.7. The van der Waals surface area contributed by atoms with Crippen molar-refractivity contribution >= 4 is 29.2 Å². The minimum atomic E-state index is -0.436. The van der Waals surface area contributed by atoms with Crippen molar-refractivity contribution in [2.75, 3.05) is 18.4 Å². The second-order valence-corrected chi connectivity index (χ2v) is 13.5. The van der Waals surface area contributed by atoms with Gasteiger partial charge in [0, 0.05) is 40.8 Å². The number of furan rings is 1. The molecule has 1 fully saturated rings. The molecule has 3 aliphatic rings. The van der Waals surface area contributed by atoms with Crippen molar-refractivity contribution in [2.45, 2.75) is 70.8 Å². The SMILES string of the molecule is Cc1c(CN2CCC(c3ccc(NC(=O)/C=C/c4cccnc4)cc3)CC2)oc2c1C(=O)C(=O)c1c-2ccc2c1CCCC2(C)C. The highest BCUT2D eigenvalue weighted by Gasteiger charge is 2.40. The molecule has 7 nitrogen and oxygen atoms in total. The quantitative estimate of drug-likeness (QED) is 0.177. The van der Waals surface area contributed by atoms with E-state index < -0.39 is 5.78 Å². The Bertz CT molecular complexity index is 1860. The van der Waals surface area contributed by atoms with Gasteiger partial charge in [-0.15, -0.1) is 0 Å². The van der Waals surface area contributed by atoms with Gasteiger partial charge in [-0.05, 0) is 110 Å². The number of likely N-dealkylation sites (tertiary alicyclic amines) is 1. The summed E-state index contributed by atoms with van der Waals surface area (Å²) in [7, 11) is 0. The molecule has 2 aromatic carbocycles. The van der Waals surface area contributed by atoms with Crippen LogP contribution in [-0.2, 0) is 23.2 Å². The topological polar surface area (TPSA) is 92.5 Å². The second kappa shape index (κ2) is 12.0. The number of Topliss-reactive ketones (excluding diaryl/α,β-unsaturated/α-hetero) is 2. The molecule has 7 rings (SSSR count). The second-order valence-electron chi connectivity index (χ2n) is 13.5. The lowest BCUT2D eigenvalue weighted by Crippen LogP contribution is -2.32. The highest BCUT2D eigenvalue weighted by Crippen LogP contribution is 2.46. The first-order valence-electron chi connectivity index (χ1n) is 16.3. The molecule has 0 spiro atoms. The third-order valence-electron chi connectivity index (χ3n) is 10.1. The summed E-state index contributed by atoms with van der Waals surface area (Å²) in [4.78, 5) is 45.8. The molecule has 0 radical (unpaired) electrons. The van der Waals surface area contributed by atoms with Crippen LogP contribution in [0.4, 0.5) is 5.69 Å². The van der Waals surface area contributed by atoms with Crippen molar-refractivity contribution in [3.05, 3.63) is 112 Å². The number of ketones is 2. The number of nitrogens with zero attached hydrogens (tertiary/aromatic N) is 2. The van der Waals surface area contributed by atoms with Crippen LogP contribution < -0.4 is 5.32 Å². The molecular weight excluding hydrogens is 574 g/mol. The highest BCUT2D eigenvalue weighted by molar-refractivity contribution is 6.53. The molecule has 1 aliphatic heterocycles. The van der Waals surface area contributed by atoms with Gasteiger partial charge in [0.15, 0.2) is 0 Å². The highest BCUT2D eigenvalue weighted by atomic mass is 16.3. The van der Waals surface area contributed by atoms with E-state index in [2.05, 4.69) is 47.2 Å². The van der Waals surface area contributed by atoms with Crippen LogP contribution in [0.15, 0.2) is 71.4 Å². The molecule has 46 heavy (non-hydrogen) atoms. The molecule has 1 amide bonds. The van der Waals surface area contributed by atoms with Gasteiger partial charge >= 0.3 is 0 Å². The number of fused-ring (bicyclic) bond motifs is 5. The van der Waals surface area contributed by atoms with E-state index in [1.165, 1.54) is 17.2 Å². The number of rotatable bonds is 6. The Kier molecular flexibility index (Phi) is 7.81. The molecule has 4 aromatic rings. The largest absolute Gasteiger partial charge is 0.459 e. The Morgan fingerprint density at radius 1 is 1.04 bits per heavy atom. The van der Waals surface area contributed by atoms with Gasteiger partial charge in [0.2, 0.25) is 17.5 Å². The molecule has 2 aromatic heterocycles. The molecule has 1 N–H and O–H groups in total. The van der Waals surface area contributed by atoms with Crippen LogP contribution in [0, 0.1) is 6.92 Å². The Hall–Kier alpha value is -4.62. The number of carbonyl (C=O) groups is 3. The van der Waals surface area contributed by atoms with Crippen molar-refractivity contribution in [2.24, 2.45) is 0 Å². The van der Waals surface area contributed by atoms with Gasteiger partial charge in [0.05, 0.1) is 12.1 Å². The van der Waals surface area contributed by atoms with Gasteiger partial charge in [-0.3, -0.25) is 24.3 Å². The Labute approximate surface area is 269 Å². The standard InChI is InChI=1S/C39H39N3O4/c1-24-32(46-38-30-13-14-31-29(7-4-18-39(31,2)3)35(30)37(45)36(44)34(24)38)23-42-20-16-27(17-21-42)26-9-11-28(12-10-26)41-33(43)15-8-25-6-5-19-40-22-25/h5-6,8-15,19,22,27H,4,7,16-18,20-21,23H2,1-3H3,(H,41,43)/b15-8+. The molecule has 0 bridgehead atoms. The fourth-order valence-corrected chi connectivity index (χ4v) is 7.53. The van der Waals surface area contributed by atoms with E-state index >= 15 is 0 Å². The Balaban J connectivity index is 1.01.